The van der Waals surface area contributed by atoms with Crippen molar-refractivity contribution in [2.45, 2.75) is 19.0 Å². The second-order valence-corrected chi connectivity index (χ2v) is 7.03. The molecular formula is C21H19F3N4O. The van der Waals surface area contributed by atoms with Gasteiger partial charge in [0.2, 0.25) is 5.91 Å². The molecule has 0 saturated carbocycles. The van der Waals surface area contributed by atoms with Crippen molar-refractivity contribution in [3.63, 3.8) is 0 Å². The van der Waals surface area contributed by atoms with E-state index in [2.05, 4.69) is 15.3 Å². The molecule has 0 aliphatic carbocycles. The Labute approximate surface area is 165 Å². The Kier molecular flexibility index (Phi) is 5.08. The zero-order chi connectivity index (χ0) is 20.4. The monoisotopic (exact) mass is 400 g/mol. The van der Waals surface area contributed by atoms with Crippen LogP contribution in [0.3, 0.4) is 0 Å². The van der Waals surface area contributed by atoms with E-state index in [1.807, 2.05) is 24.3 Å². The number of nitrogens with one attached hydrogen (secondary N) is 1. The van der Waals surface area contributed by atoms with Crippen LogP contribution in [0.25, 0.3) is 10.9 Å². The molecule has 1 aliphatic rings. The van der Waals surface area contributed by atoms with Crippen molar-refractivity contribution < 1.29 is 18.0 Å². The number of alkyl halides is 3. The number of halogens is 3. The van der Waals surface area contributed by atoms with Gasteiger partial charge in [0, 0.05) is 30.9 Å². The Balaban J connectivity index is 1.54. The number of anilines is 2. The lowest BCUT2D eigenvalue weighted by molar-refractivity contribution is -0.137. The third-order valence-electron chi connectivity index (χ3n) is 5.07. The van der Waals surface area contributed by atoms with Gasteiger partial charge in [-0.3, -0.25) is 9.78 Å². The number of fused-ring (bicyclic) bond motifs is 1. The predicted molar refractivity (Wildman–Crippen MR) is 105 cm³/mol. The third-order valence-corrected chi connectivity index (χ3v) is 5.07. The summed E-state index contributed by atoms with van der Waals surface area (Å²) in [5.41, 5.74) is 0.499. The molecule has 0 spiro atoms. The Hall–Kier alpha value is -3.16. The van der Waals surface area contributed by atoms with Gasteiger partial charge in [-0.25, -0.2) is 4.98 Å². The minimum atomic E-state index is -4.49. The van der Waals surface area contributed by atoms with Crippen LogP contribution in [0.1, 0.15) is 18.4 Å². The van der Waals surface area contributed by atoms with Gasteiger partial charge in [-0.1, -0.05) is 18.2 Å². The Bertz CT molecular complexity index is 1030. The van der Waals surface area contributed by atoms with E-state index in [0.29, 0.717) is 30.6 Å². The van der Waals surface area contributed by atoms with Gasteiger partial charge >= 0.3 is 6.18 Å². The van der Waals surface area contributed by atoms with Crippen molar-refractivity contribution in [3.05, 3.63) is 60.4 Å². The summed E-state index contributed by atoms with van der Waals surface area (Å²) in [7, 11) is 0. The van der Waals surface area contributed by atoms with Crippen molar-refractivity contribution in [2.24, 2.45) is 5.92 Å². The van der Waals surface area contributed by atoms with Gasteiger partial charge in [0.05, 0.1) is 22.7 Å². The summed E-state index contributed by atoms with van der Waals surface area (Å²) in [5, 5.41) is 3.80. The normalized spacial score (nSPS) is 17.3. The van der Waals surface area contributed by atoms with Crippen LogP contribution in [0.5, 0.6) is 0 Å². The average Bonchev–Trinajstić information content (AvgIpc) is 2.73. The number of aromatic nitrogens is 2. The highest BCUT2D eigenvalue weighted by atomic mass is 19.4. The van der Waals surface area contributed by atoms with Crippen LogP contribution in [0, 0.1) is 5.92 Å². The summed E-state index contributed by atoms with van der Waals surface area (Å²) in [5.74, 6) is -0.785. The summed E-state index contributed by atoms with van der Waals surface area (Å²) >= 11 is 0. The average molecular weight is 400 g/mol. The molecule has 2 aromatic heterocycles. The fraction of sp³-hybridized carbons (Fsp3) is 0.286. The molecular weight excluding hydrogens is 381 g/mol. The molecule has 0 radical (unpaired) electrons. The molecule has 0 bridgehead atoms. The molecule has 29 heavy (non-hydrogen) atoms. The summed E-state index contributed by atoms with van der Waals surface area (Å²) in [6.07, 6.45) is -0.280. The first kappa shape index (κ1) is 19.2. The minimum absolute atomic E-state index is 0.121. The van der Waals surface area contributed by atoms with Gasteiger partial charge in [-0.05, 0) is 37.1 Å². The lowest BCUT2D eigenvalue weighted by atomic mass is 9.96. The molecule has 1 aliphatic heterocycles. The number of hydrogen-bond donors (Lipinski definition) is 1. The van der Waals surface area contributed by atoms with Crippen LogP contribution in [-0.2, 0) is 11.0 Å². The Morgan fingerprint density at radius 2 is 1.83 bits per heavy atom. The van der Waals surface area contributed by atoms with E-state index in [0.717, 1.165) is 11.5 Å². The topological polar surface area (TPSA) is 58.1 Å². The van der Waals surface area contributed by atoms with E-state index in [1.165, 1.54) is 12.3 Å². The lowest BCUT2D eigenvalue weighted by Gasteiger charge is -2.34. The summed E-state index contributed by atoms with van der Waals surface area (Å²) in [6, 6.07) is 11.5. The van der Waals surface area contributed by atoms with E-state index in [9.17, 15) is 18.0 Å². The second kappa shape index (κ2) is 7.69. The van der Waals surface area contributed by atoms with Gasteiger partial charge in [0.15, 0.2) is 0 Å². The number of rotatable bonds is 3. The summed E-state index contributed by atoms with van der Waals surface area (Å²) in [6.45, 7) is 0.615. The van der Waals surface area contributed by atoms with E-state index >= 15 is 0 Å². The largest absolute Gasteiger partial charge is 0.419 e. The minimum Gasteiger partial charge on any atom is -0.355 e. The zero-order valence-electron chi connectivity index (χ0n) is 15.5. The van der Waals surface area contributed by atoms with Crippen LogP contribution in [0.15, 0.2) is 54.9 Å². The number of para-hydroxylation sites is 1. The van der Waals surface area contributed by atoms with Crippen molar-refractivity contribution in [3.8, 4) is 0 Å². The molecule has 1 atom stereocenters. The van der Waals surface area contributed by atoms with Gasteiger partial charge in [-0.2, -0.15) is 13.2 Å². The van der Waals surface area contributed by atoms with Crippen molar-refractivity contribution in [1.29, 1.82) is 0 Å². The van der Waals surface area contributed by atoms with Crippen LogP contribution in [0.4, 0.5) is 24.7 Å². The first-order valence-corrected chi connectivity index (χ1v) is 9.35. The van der Waals surface area contributed by atoms with Crippen LogP contribution in [-0.4, -0.2) is 29.0 Å². The van der Waals surface area contributed by atoms with Gasteiger partial charge in [0.25, 0.3) is 0 Å². The van der Waals surface area contributed by atoms with E-state index in [-0.39, 0.29) is 18.3 Å². The van der Waals surface area contributed by atoms with E-state index in [4.69, 9.17) is 0 Å². The van der Waals surface area contributed by atoms with Crippen LogP contribution < -0.4 is 10.2 Å². The number of hydrogen-bond acceptors (Lipinski definition) is 4. The number of carbonyl (C=O) groups is 1. The fourth-order valence-corrected chi connectivity index (χ4v) is 3.69. The zero-order valence-corrected chi connectivity index (χ0v) is 15.5. The van der Waals surface area contributed by atoms with Crippen molar-refractivity contribution in [1.82, 2.24) is 9.97 Å². The summed E-state index contributed by atoms with van der Waals surface area (Å²) < 4.78 is 40.0. The van der Waals surface area contributed by atoms with E-state index in [1.54, 1.807) is 17.2 Å². The fourth-order valence-electron chi connectivity index (χ4n) is 3.69. The van der Waals surface area contributed by atoms with Crippen molar-refractivity contribution in [2.75, 3.05) is 23.3 Å². The molecule has 1 unspecified atom stereocenters. The molecule has 3 aromatic rings. The summed E-state index contributed by atoms with van der Waals surface area (Å²) in [4.78, 5) is 22.7. The van der Waals surface area contributed by atoms with Gasteiger partial charge < -0.3 is 10.2 Å². The quantitative estimate of drug-likeness (QED) is 0.703. The highest BCUT2D eigenvalue weighted by Crippen LogP contribution is 2.36. The molecule has 8 heteroatoms. The lowest BCUT2D eigenvalue weighted by Crippen LogP contribution is -2.42. The molecule has 1 fully saturated rings. The smallest absolute Gasteiger partial charge is 0.355 e. The Morgan fingerprint density at radius 3 is 2.66 bits per heavy atom. The highest BCUT2D eigenvalue weighted by molar-refractivity contribution is 6.01. The number of carbonyl (C=O) groups excluding carboxylic acids is 1. The molecule has 4 rings (SSSR count). The predicted octanol–water partition coefficient (Wildman–Crippen LogP) is 4.50. The number of nitrogens with zero attached hydrogens (tertiary/aromatic N) is 3. The molecule has 1 amide bonds. The maximum absolute atomic E-state index is 13.3. The second-order valence-electron chi connectivity index (χ2n) is 7.03. The SMILES string of the molecule is O=C(Nc1cccc2cccnc12)C1CCCN(c2ncccc2C(F)(F)F)C1. The maximum atomic E-state index is 13.3. The van der Waals surface area contributed by atoms with E-state index < -0.39 is 17.7 Å². The number of benzene rings is 1. The number of pyridine rings is 2. The van der Waals surface area contributed by atoms with Crippen LogP contribution in [0.2, 0.25) is 0 Å². The standard InChI is InChI=1S/C21H19F3N4O/c22-21(23,24)16-8-3-11-26-19(16)28-12-4-7-15(13-28)20(29)27-17-9-1-5-14-6-2-10-25-18(14)17/h1-3,5-6,8-11,15H,4,7,12-13H2,(H,27,29). The first-order chi connectivity index (χ1) is 13.9. The molecule has 3 heterocycles. The molecule has 150 valence electrons. The number of amides is 1. The maximum Gasteiger partial charge on any atom is 0.419 e. The van der Waals surface area contributed by atoms with Gasteiger partial charge in [0.1, 0.15) is 5.82 Å². The Morgan fingerprint density at radius 1 is 1.07 bits per heavy atom. The molecule has 1 N–H and O–H groups in total. The van der Waals surface area contributed by atoms with Crippen molar-refractivity contribution >= 4 is 28.3 Å². The number of piperidine rings is 1. The highest BCUT2D eigenvalue weighted by Gasteiger charge is 2.37. The van der Waals surface area contributed by atoms with Crippen LogP contribution >= 0.6 is 0 Å². The molecule has 5 nitrogen and oxygen atoms in total. The molecule has 1 aromatic carbocycles. The first-order valence-electron chi connectivity index (χ1n) is 9.35. The third kappa shape index (κ3) is 4.01. The van der Waals surface area contributed by atoms with Gasteiger partial charge in [-0.15, -0.1) is 0 Å². The molecule has 1 saturated heterocycles.